The number of sulfonamides is 1. The fraction of sp³-hybridized carbons (Fsp3) is 0.435. The van der Waals surface area contributed by atoms with E-state index in [9.17, 15) is 18.3 Å². The lowest BCUT2D eigenvalue weighted by Crippen LogP contribution is -2.46. The van der Waals surface area contributed by atoms with Gasteiger partial charge in [0.2, 0.25) is 0 Å². The second kappa shape index (κ2) is 8.88. The van der Waals surface area contributed by atoms with E-state index in [1.54, 1.807) is 36.4 Å². The Kier molecular flexibility index (Phi) is 6.62. The number of nitrogens with one attached hydrogen (secondary N) is 1. The topological polar surface area (TPSA) is 90.0 Å². The van der Waals surface area contributed by atoms with Crippen LogP contribution in [0.5, 0.6) is 0 Å². The Bertz CT molecular complexity index is 1040. The molecule has 1 heterocycles. The summed E-state index contributed by atoms with van der Waals surface area (Å²) in [5.41, 5.74) is 1.89. The van der Waals surface area contributed by atoms with E-state index in [1.807, 2.05) is 4.90 Å². The van der Waals surface area contributed by atoms with Gasteiger partial charge >= 0.3 is 5.97 Å². The van der Waals surface area contributed by atoms with Crippen LogP contribution in [0.3, 0.4) is 0 Å². The SMILES string of the molecule is CCN1CCN(c2ccc(NS(=O)(=O)c3ccc(C(C)(C)C)cc3)cc2C(=O)O)CC1. The minimum Gasteiger partial charge on any atom is -0.478 e. The molecule has 0 amide bonds. The van der Waals surface area contributed by atoms with E-state index >= 15 is 0 Å². The second-order valence-electron chi connectivity index (χ2n) is 8.84. The number of nitrogens with zero attached hydrogens (tertiary/aromatic N) is 2. The van der Waals surface area contributed by atoms with Gasteiger partial charge in [-0.2, -0.15) is 0 Å². The summed E-state index contributed by atoms with van der Waals surface area (Å²) < 4.78 is 28.2. The van der Waals surface area contributed by atoms with Gasteiger partial charge in [0.1, 0.15) is 0 Å². The van der Waals surface area contributed by atoms with Crippen LogP contribution in [0.15, 0.2) is 47.4 Å². The van der Waals surface area contributed by atoms with Crippen LogP contribution < -0.4 is 9.62 Å². The van der Waals surface area contributed by atoms with E-state index in [1.165, 1.54) is 6.07 Å². The van der Waals surface area contributed by atoms with Gasteiger partial charge in [-0.25, -0.2) is 13.2 Å². The number of hydrogen-bond acceptors (Lipinski definition) is 5. The van der Waals surface area contributed by atoms with Gasteiger partial charge in [0.25, 0.3) is 10.0 Å². The molecule has 2 N–H and O–H groups in total. The molecule has 1 saturated heterocycles. The van der Waals surface area contributed by atoms with Gasteiger partial charge in [0.15, 0.2) is 0 Å². The smallest absolute Gasteiger partial charge is 0.337 e. The molecule has 1 fully saturated rings. The third kappa shape index (κ3) is 5.37. The first-order chi connectivity index (χ1) is 14.5. The first-order valence-corrected chi connectivity index (χ1v) is 12.0. The number of aromatic carboxylic acids is 1. The third-order valence-electron chi connectivity index (χ3n) is 5.67. The van der Waals surface area contributed by atoms with Crippen molar-refractivity contribution in [2.45, 2.75) is 38.0 Å². The molecule has 0 unspecified atom stereocenters. The number of likely N-dealkylation sites (N-methyl/N-ethyl adjacent to an activating group) is 1. The van der Waals surface area contributed by atoms with E-state index < -0.39 is 16.0 Å². The highest BCUT2D eigenvalue weighted by Crippen LogP contribution is 2.28. The zero-order valence-electron chi connectivity index (χ0n) is 18.6. The molecular weight excluding hydrogens is 414 g/mol. The normalized spacial score (nSPS) is 15.7. The monoisotopic (exact) mass is 445 g/mol. The van der Waals surface area contributed by atoms with Crippen LogP contribution in [0.4, 0.5) is 11.4 Å². The summed E-state index contributed by atoms with van der Waals surface area (Å²) in [5.74, 6) is -1.08. The molecule has 31 heavy (non-hydrogen) atoms. The summed E-state index contributed by atoms with van der Waals surface area (Å²) in [4.78, 5) is 16.4. The van der Waals surface area contributed by atoms with Crippen LogP contribution in [0.2, 0.25) is 0 Å². The van der Waals surface area contributed by atoms with Gasteiger partial charge in [0, 0.05) is 31.9 Å². The minimum atomic E-state index is -3.83. The number of rotatable bonds is 6. The predicted octanol–water partition coefficient (Wildman–Crippen LogP) is 3.63. The van der Waals surface area contributed by atoms with Crippen molar-refractivity contribution in [2.75, 3.05) is 42.3 Å². The van der Waals surface area contributed by atoms with E-state index in [2.05, 4.69) is 37.3 Å². The molecule has 0 saturated carbocycles. The molecule has 3 rings (SSSR count). The van der Waals surface area contributed by atoms with Crippen molar-refractivity contribution in [1.82, 2.24) is 4.90 Å². The van der Waals surface area contributed by atoms with E-state index in [4.69, 9.17) is 0 Å². The van der Waals surface area contributed by atoms with Crippen molar-refractivity contribution < 1.29 is 18.3 Å². The van der Waals surface area contributed by atoms with Crippen LogP contribution in [0, 0.1) is 0 Å². The molecule has 0 aliphatic carbocycles. The van der Waals surface area contributed by atoms with Crippen LogP contribution >= 0.6 is 0 Å². The highest BCUT2D eigenvalue weighted by Gasteiger charge is 2.23. The van der Waals surface area contributed by atoms with E-state index in [-0.39, 0.29) is 21.6 Å². The van der Waals surface area contributed by atoms with Crippen LogP contribution in [-0.2, 0) is 15.4 Å². The largest absolute Gasteiger partial charge is 0.478 e. The molecule has 2 aromatic rings. The highest BCUT2D eigenvalue weighted by atomic mass is 32.2. The lowest BCUT2D eigenvalue weighted by Gasteiger charge is -2.36. The molecule has 0 spiro atoms. The molecule has 0 aromatic heterocycles. The number of hydrogen-bond donors (Lipinski definition) is 2. The van der Waals surface area contributed by atoms with Gasteiger partial charge < -0.3 is 14.9 Å². The molecule has 7 nitrogen and oxygen atoms in total. The van der Waals surface area contributed by atoms with Crippen LogP contribution in [0.25, 0.3) is 0 Å². The first kappa shape index (κ1) is 23.1. The van der Waals surface area contributed by atoms with E-state index in [0.717, 1.165) is 38.3 Å². The molecule has 168 valence electrons. The lowest BCUT2D eigenvalue weighted by molar-refractivity contribution is 0.0697. The van der Waals surface area contributed by atoms with Crippen molar-refractivity contribution >= 4 is 27.4 Å². The molecule has 1 aliphatic rings. The van der Waals surface area contributed by atoms with Crippen molar-refractivity contribution in [3.63, 3.8) is 0 Å². The van der Waals surface area contributed by atoms with Crippen LogP contribution in [0.1, 0.15) is 43.6 Å². The molecule has 0 atom stereocenters. The number of carboxylic acid groups (broad SMARTS) is 1. The summed E-state index contributed by atoms with van der Waals surface area (Å²) >= 11 is 0. The first-order valence-electron chi connectivity index (χ1n) is 10.5. The molecule has 1 aliphatic heterocycles. The van der Waals surface area contributed by atoms with Crippen molar-refractivity contribution in [3.8, 4) is 0 Å². The molecule has 0 radical (unpaired) electrons. The maximum Gasteiger partial charge on any atom is 0.337 e. The summed E-state index contributed by atoms with van der Waals surface area (Å²) in [6.07, 6.45) is 0. The zero-order valence-corrected chi connectivity index (χ0v) is 19.4. The maximum absolute atomic E-state index is 12.8. The lowest BCUT2D eigenvalue weighted by atomic mass is 9.87. The Morgan fingerprint density at radius 3 is 2.16 bits per heavy atom. The number of carbonyl (C=O) groups is 1. The Balaban J connectivity index is 1.83. The Hall–Kier alpha value is -2.58. The third-order valence-corrected chi connectivity index (χ3v) is 7.07. The number of anilines is 2. The van der Waals surface area contributed by atoms with Gasteiger partial charge in [-0.3, -0.25) is 4.72 Å². The number of carboxylic acids is 1. The van der Waals surface area contributed by atoms with Crippen molar-refractivity contribution in [3.05, 3.63) is 53.6 Å². The van der Waals surface area contributed by atoms with Crippen LogP contribution in [-0.4, -0.2) is 57.1 Å². The Morgan fingerprint density at radius 2 is 1.65 bits per heavy atom. The van der Waals surface area contributed by atoms with Gasteiger partial charge in [-0.05, 0) is 47.9 Å². The predicted molar refractivity (Wildman–Crippen MR) is 124 cm³/mol. The van der Waals surface area contributed by atoms with Gasteiger partial charge in [0.05, 0.1) is 16.1 Å². The molecule has 8 heteroatoms. The average Bonchev–Trinajstić information content (AvgIpc) is 2.73. The van der Waals surface area contributed by atoms with Gasteiger partial charge in [-0.15, -0.1) is 0 Å². The summed E-state index contributed by atoms with van der Waals surface area (Å²) in [6.45, 7) is 12.5. The summed E-state index contributed by atoms with van der Waals surface area (Å²) in [6, 6.07) is 11.4. The Labute approximate surface area is 184 Å². The van der Waals surface area contributed by atoms with E-state index in [0.29, 0.717) is 5.69 Å². The molecular formula is C23H31N3O4S. The maximum atomic E-state index is 12.8. The Morgan fingerprint density at radius 1 is 1.03 bits per heavy atom. The quantitative estimate of drug-likeness (QED) is 0.706. The average molecular weight is 446 g/mol. The highest BCUT2D eigenvalue weighted by molar-refractivity contribution is 7.92. The standard InChI is InChI=1S/C23H31N3O4S/c1-5-25-12-14-26(15-13-25)21-11-8-18(16-20(21)22(27)28)24-31(29,30)19-9-6-17(7-10-19)23(2,3)4/h6-11,16,24H,5,12-15H2,1-4H3,(H,27,28). The molecule has 2 aromatic carbocycles. The minimum absolute atomic E-state index is 0.0788. The molecule has 0 bridgehead atoms. The zero-order chi connectivity index (χ0) is 22.8. The second-order valence-corrected chi connectivity index (χ2v) is 10.5. The number of benzene rings is 2. The summed E-state index contributed by atoms with van der Waals surface area (Å²) in [7, 11) is -3.83. The summed E-state index contributed by atoms with van der Waals surface area (Å²) in [5, 5.41) is 9.73. The van der Waals surface area contributed by atoms with Crippen molar-refractivity contribution in [2.24, 2.45) is 0 Å². The van der Waals surface area contributed by atoms with Gasteiger partial charge in [-0.1, -0.05) is 39.8 Å². The number of piperazine rings is 1. The fourth-order valence-electron chi connectivity index (χ4n) is 3.70. The fourth-order valence-corrected chi connectivity index (χ4v) is 4.75. The van der Waals surface area contributed by atoms with Crippen molar-refractivity contribution in [1.29, 1.82) is 0 Å².